The van der Waals surface area contributed by atoms with Gasteiger partial charge in [0.05, 0.1) is 18.6 Å². The highest BCUT2D eigenvalue weighted by atomic mass is 32.2. The third-order valence-electron chi connectivity index (χ3n) is 5.03. The number of benzene rings is 2. The molecule has 1 aromatic heterocycles. The topological polar surface area (TPSA) is 127 Å². The molecule has 2 N–H and O–H groups in total. The number of carbonyl (C=O) groups excluding carboxylic acids is 2. The quantitative estimate of drug-likeness (QED) is 0.529. The van der Waals surface area contributed by atoms with E-state index >= 15 is 0 Å². The molecule has 0 bridgehead atoms. The van der Waals surface area contributed by atoms with E-state index in [4.69, 9.17) is 9.47 Å². The van der Waals surface area contributed by atoms with E-state index in [0.717, 1.165) is 4.31 Å². The molecule has 0 unspecified atom stereocenters. The summed E-state index contributed by atoms with van der Waals surface area (Å²) in [6, 6.07) is 15.8. The Balaban J connectivity index is 1.53. The molecule has 2 amide bonds. The number of hydrogen-bond acceptors (Lipinski definition) is 7. The first kappa shape index (κ1) is 23.2. The van der Waals surface area contributed by atoms with Crippen molar-refractivity contribution in [3.05, 3.63) is 72.4 Å². The number of carbonyl (C=O) groups is 2. The van der Waals surface area contributed by atoms with E-state index in [9.17, 15) is 18.0 Å². The lowest BCUT2D eigenvalue weighted by molar-refractivity contribution is -0.122. The molecule has 1 saturated heterocycles. The summed E-state index contributed by atoms with van der Waals surface area (Å²) in [5.41, 5.74) is 0.436. The van der Waals surface area contributed by atoms with Crippen LogP contribution in [0.15, 0.2) is 71.8 Å². The number of pyridine rings is 1. The van der Waals surface area contributed by atoms with Gasteiger partial charge in [0.25, 0.3) is 5.91 Å². The van der Waals surface area contributed by atoms with Crippen LogP contribution in [-0.2, 0) is 14.8 Å². The number of methoxy groups -OCH3 is 1. The highest BCUT2D eigenvalue weighted by Gasteiger charge is 2.29. The minimum absolute atomic E-state index is 0.0734. The molecule has 10 nitrogen and oxygen atoms in total. The lowest BCUT2D eigenvalue weighted by atomic mass is 10.2. The number of hydrogen-bond donors (Lipinski definition) is 2. The van der Waals surface area contributed by atoms with Gasteiger partial charge in [0.1, 0.15) is 17.2 Å². The number of nitrogens with zero attached hydrogens (tertiary/aromatic N) is 2. The van der Waals surface area contributed by atoms with Crippen LogP contribution in [0, 0.1) is 0 Å². The van der Waals surface area contributed by atoms with Crippen LogP contribution in [0.3, 0.4) is 0 Å². The number of aromatic nitrogens is 1. The highest BCUT2D eigenvalue weighted by Crippen LogP contribution is 2.28. The molecular weight excluding hydrogens is 460 g/mol. The maximum atomic E-state index is 12.9. The predicted molar refractivity (Wildman–Crippen MR) is 123 cm³/mol. The lowest BCUT2D eigenvalue weighted by Gasteiger charge is -2.26. The Bertz CT molecular complexity index is 1310. The molecule has 11 heteroatoms. The maximum Gasteiger partial charge on any atom is 0.255 e. The van der Waals surface area contributed by atoms with Crippen LogP contribution in [-0.4, -0.2) is 56.3 Å². The Morgan fingerprint density at radius 2 is 1.85 bits per heavy atom. The molecule has 176 valence electrons. The average Bonchev–Trinajstić information content (AvgIpc) is 2.86. The first-order chi connectivity index (χ1) is 16.4. The molecule has 0 radical (unpaired) electrons. The first-order valence-electron chi connectivity index (χ1n) is 10.3. The Morgan fingerprint density at radius 3 is 2.59 bits per heavy atom. The van der Waals surface area contributed by atoms with E-state index in [0.29, 0.717) is 17.2 Å². The van der Waals surface area contributed by atoms with E-state index in [1.165, 1.54) is 30.5 Å². The second-order valence-corrected chi connectivity index (χ2v) is 9.24. The fraction of sp³-hybridized carbons (Fsp3) is 0.174. The average molecular weight is 483 g/mol. The van der Waals surface area contributed by atoms with Gasteiger partial charge in [-0.1, -0.05) is 6.07 Å². The fourth-order valence-electron chi connectivity index (χ4n) is 3.28. The molecule has 2 heterocycles. The van der Waals surface area contributed by atoms with Crippen molar-refractivity contribution in [2.24, 2.45) is 0 Å². The molecule has 0 saturated carbocycles. The molecule has 1 aliphatic heterocycles. The van der Waals surface area contributed by atoms with Crippen molar-refractivity contribution < 1.29 is 27.5 Å². The van der Waals surface area contributed by atoms with Crippen molar-refractivity contribution >= 4 is 27.5 Å². The molecule has 34 heavy (non-hydrogen) atoms. The predicted octanol–water partition coefficient (Wildman–Crippen LogP) is 2.26. The minimum Gasteiger partial charge on any atom is -0.497 e. The highest BCUT2D eigenvalue weighted by molar-refractivity contribution is 7.89. The summed E-state index contributed by atoms with van der Waals surface area (Å²) in [7, 11) is -2.37. The summed E-state index contributed by atoms with van der Waals surface area (Å²) in [4.78, 5) is 28.7. The maximum absolute atomic E-state index is 12.9. The Morgan fingerprint density at radius 1 is 1.09 bits per heavy atom. The van der Waals surface area contributed by atoms with Crippen molar-refractivity contribution in [3.8, 4) is 17.4 Å². The van der Waals surface area contributed by atoms with Gasteiger partial charge in [-0.15, -0.1) is 0 Å². The standard InChI is InChI=1S/C23H22N4O6S/c1-32-17-7-9-18(10-8-17)33-23-20(6-3-11-25-23)26-22(29)16-4-2-5-19(14-16)34(30,31)27-13-12-24-21(28)15-27/h2-11,14H,12-13,15H2,1H3,(H,24,28)(H,26,29). The van der Waals surface area contributed by atoms with Crippen LogP contribution in [0.5, 0.6) is 17.4 Å². The number of amides is 2. The van der Waals surface area contributed by atoms with Crippen molar-refractivity contribution in [2.45, 2.75) is 4.90 Å². The Labute approximate surface area is 196 Å². The van der Waals surface area contributed by atoms with Crippen LogP contribution >= 0.6 is 0 Å². The molecule has 3 aromatic rings. The van der Waals surface area contributed by atoms with E-state index < -0.39 is 15.9 Å². The zero-order valence-electron chi connectivity index (χ0n) is 18.2. The molecule has 0 aliphatic carbocycles. The number of piperazine rings is 1. The van der Waals surface area contributed by atoms with Gasteiger partial charge >= 0.3 is 0 Å². The molecule has 2 aromatic carbocycles. The van der Waals surface area contributed by atoms with Crippen LogP contribution in [0.4, 0.5) is 5.69 Å². The van der Waals surface area contributed by atoms with Gasteiger partial charge < -0.3 is 20.1 Å². The van der Waals surface area contributed by atoms with Gasteiger partial charge in [0, 0.05) is 24.8 Å². The second kappa shape index (κ2) is 9.89. The van der Waals surface area contributed by atoms with Gasteiger partial charge in [-0.2, -0.15) is 4.31 Å². The van der Waals surface area contributed by atoms with Gasteiger partial charge in [-0.25, -0.2) is 13.4 Å². The summed E-state index contributed by atoms with van der Waals surface area (Å²) in [5, 5.41) is 5.30. The van der Waals surface area contributed by atoms with Gasteiger partial charge in [-0.3, -0.25) is 9.59 Å². The summed E-state index contributed by atoms with van der Waals surface area (Å²) >= 11 is 0. The van der Waals surface area contributed by atoms with Crippen LogP contribution < -0.4 is 20.1 Å². The molecule has 4 rings (SSSR count). The van der Waals surface area contributed by atoms with E-state index in [2.05, 4.69) is 15.6 Å². The van der Waals surface area contributed by atoms with Crippen molar-refractivity contribution in [2.75, 3.05) is 32.1 Å². The third kappa shape index (κ3) is 5.16. The molecule has 1 aliphatic rings. The molecule has 0 spiro atoms. The van der Waals surface area contributed by atoms with E-state index in [1.807, 2.05) is 0 Å². The van der Waals surface area contributed by atoms with E-state index in [1.54, 1.807) is 43.5 Å². The Kier molecular flexibility index (Phi) is 6.75. The first-order valence-corrected chi connectivity index (χ1v) is 11.8. The van der Waals surface area contributed by atoms with Gasteiger partial charge in [0.2, 0.25) is 21.8 Å². The molecule has 0 atom stereocenters. The Hall–Kier alpha value is -3.96. The van der Waals surface area contributed by atoms with Gasteiger partial charge in [-0.05, 0) is 54.6 Å². The largest absolute Gasteiger partial charge is 0.497 e. The number of rotatable bonds is 7. The number of sulfonamides is 1. The summed E-state index contributed by atoms with van der Waals surface area (Å²) in [6.45, 7) is 0.128. The number of anilines is 1. The van der Waals surface area contributed by atoms with Gasteiger partial charge in [0.15, 0.2) is 0 Å². The lowest BCUT2D eigenvalue weighted by Crippen LogP contribution is -2.49. The van der Waals surface area contributed by atoms with Crippen molar-refractivity contribution in [1.29, 1.82) is 0 Å². The normalized spacial score (nSPS) is 14.2. The zero-order valence-corrected chi connectivity index (χ0v) is 19.0. The molecule has 1 fully saturated rings. The van der Waals surface area contributed by atoms with Crippen LogP contribution in [0.25, 0.3) is 0 Å². The van der Waals surface area contributed by atoms with Crippen molar-refractivity contribution in [3.63, 3.8) is 0 Å². The zero-order chi connectivity index (χ0) is 24.1. The summed E-state index contributed by atoms with van der Waals surface area (Å²) < 4.78 is 37.9. The molecular formula is C23H22N4O6S. The summed E-state index contributed by atoms with van der Waals surface area (Å²) in [5.74, 6) is 0.422. The minimum atomic E-state index is -3.93. The SMILES string of the molecule is COc1ccc(Oc2ncccc2NC(=O)c2cccc(S(=O)(=O)N3CCNC(=O)C3)c2)cc1. The fourth-order valence-corrected chi connectivity index (χ4v) is 4.73. The van der Waals surface area contributed by atoms with E-state index in [-0.39, 0.29) is 41.9 Å². The number of nitrogens with one attached hydrogen (secondary N) is 2. The van der Waals surface area contributed by atoms with Crippen LogP contribution in [0.2, 0.25) is 0 Å². The monoisotopic (exact) mass is 482 g/mol. The third-order valence-corrected chi connectivity index (χ3v) is 6.87. The smallest absolute Gasteiger partial charge is 0.255 e. The second-order valence-electron chi connectivity index (χ2n) is 7.30. The van der Waals surface area contributed by atoms with Crippen molar-refractivity contribution in [1.82, 2.24) is 14.6 Å². The van der Waals surface area contributed by atoms with Crippen LogP contribution in [0.1, 0.15) is 10.4 Å². The number of ether oxygens (including phenoxy) is 2. The summed E-state index contributed by atoms with van der Waals surface area (Å²) in [6.07, 6.45) is 1.52.